The molecular weight excluding hydrogens is 510 g/mol. The number of amides is 3. The van der Waals surface area contributed by atoms with Crippen molar-refractivity contribution in [3.8, 4) is 22.4 Å². The Morgan fingerprint density at radius 1 is 1.00 bits per heavy atom. The number of rotatable bonds is 8. The van der Waals surface area contributed by atoms with Gasteiger partial charge in [-0.15, -0.1) is 11.3 Å². The summed E-state index contributed by atoms with van der Waals surface area (Å²) in [5.41, 5.74) is 12.7. The zero-order chi connectivity index (χ0) is 27.5. The maximum absolute atomic E-state index is 12.7. The number of anilines is 1. The van der Waals surface area contributed by atoms with Gasteiger partial charge >= 0.3 is 0 Å². The van der Waals surface area contributed by atoms with E-state index in [9.17, 15) is 14.4 Å². The molecule has 0 saturated heterocycles. The van der Waals surface area contributed by atoms with Crippen molar-refractivity contribution in [3.63, 3.8) is 0 Å². The summed E-state index contributed by atoms with van der Waals surface area (Å²) in [5, 5.41) is 8.86. The average molecular weight is 538 g/mol. The Kier molecular flexibility index (Phi) is 7.25. The number of H-pyrrole nitrogens is 1. The quantitative estimate of drug-likeness (QED) is 0.204. The van der Waals surface area contributed by atoms with Crippen LogP contribution < -0.4 is 16.4 Å². The number of nitrogens with zero attached hydrogens (tertiary/aromatic N) is 1. The molecule has 0 aliphatic rings. The van der Waals surface area contributed by atoms with Crippen molar-refractivity contribution < 1.29 is 14.4 Å². The minimum atomic E-state index is -0.537. The summed E-state index contributed by atoms with van der Waals surface area (Å²) in [4.78, 5) is 44.4. The van der Waals surface area contributed by atoms with Crippen LogP contribution in [0, 0.1) is 6.92 Å². The maximum Gasteiger partial charge on any atom is 0.284 e. The molecule has 8 nitrogen and oxygen atoms in total. The summed E-state index contributed by atoms with van der Waals surface area (Å²) in [6.07, 6.45) is 2.00. The molecule has 5 N–H and O–H groups in total. The van der Waals surface area contributed by atoms with Crippen molar-refractivity contribution in [1.82, 2.24) is 15.3 Å². The van der Waals surface area contributed by atoms with Crippen LogP contribution in [0.4, 0.5) is 5.69 Å². The molecule has 2 heterocycles. The molecule has 9 heteroatoms. The SMILES string of the molecule is CCC(=O)NCc1ccccc1-c1cc2c(-c3cccc(NC(=O)c4nccs4)c3C)ccc(C(N)=O)c2[nH]1. The first-order valence-corrected chi connectivity index (χ1v) is 13.4. The van der Waals surface area contributed by atoms with Gasteiger partial charge in [0, 0.05) is 46.9 Å². The summed E-state index contributed by atoms with van der Waals surface area (Å²) >= 11 is 1.28. The minimum Gasteiger partial charge on any atom is -0.366 e. The lowest BCUT2D eigenvalue weighted by Gasteiger charge is -2.14. The highest BCUT2D eigenvalue weighted by atomic mass is 32.1. The molecular formula is C30H27N5O3S. The number of hydrogen-bond acceptors (Lipinski definition) is 5. The van der Waals surface area contributed by atoms with Gasteiger partial charge in [-0.1, -0.05) is 49.4 Å². The lowest BCUT2D eigenvalue weighted by atomic mass is 9.94. The molecule has 0 bridgehead atoms. The third-order valence-electron chi connectivity index (χ3n) is 6.66. The van der Waals surface area contributed by atoms with Crippen LogP contribution in [0.5, 0.6) is 0 Å². The number of carbonyl (C=O) groups excluding carboxylic acids is 3. The van der Waals surface area contributed by atoms with E-state index < -0.39 is 5.91 Å². The number of primary amides is 1. The fraction of sp³-hybridized carbons (Fsp3) is 0.133. The normalized spacial score (nSPS) is 10.9. The number of thiazole rings is 1. The van der Waals surface area contributed by atoms with Gasteiger partial charge in [-0.3, -0.25) is 14.4 Å². The van der Waals surface area contributed by atoms with Crippen LogP contribution >= 0.6 is 11.3 Å². The van der Waals surface area contributed by atoms with Gasteiger partial charge < -0.3 is 21.4 Å². The van der Waals surface area contributed by atoms with Crippen LogP contribution in [0.25, 0.3) is 33.3 Å². The highest BCUT2D eigenvalue weighted by Gasteiger charge is 2.19. The van der Waals surface area contributed by atoms with E-state index in [2.05, 4.69) is 20.6 Å². The van der Waals surface area contributed by atoms with E-state index in [1.54, 1.807) is 17.6 Å². The van der Waals surface area contributed by atoms with E-state index in [-0.39, 0.29) is 11.8 Å². The molecule has 3 amide bonds. The first-order valence-electron chi connectivity index (χ1n) is 12.5. The van der Waals surface area contributed by atoms with Gasteiger partial charge in [-0.2, -0.15) is 0 Å². The maximum atomic E-state index is 12.7. The van der Waals surface area contributed by atoms with Gasteiger partial charge in [-0.05, 0) is 47.4 Å². The molecule has 39 heavy (non-hydrogen) atoms. The minimum absolute atomic E-state index is 0.0305. The van der Waals surface area contributed by atoms with E-state index >= 15 is 0 Å². The molecule has 2 aromatic heterocycles. The van der Waals surface area contributed by atoms with Crippen molar-refractivity contribution in [2.45, 2.75) is 26.8 Å². The van der Waals surface area contributed by atoms with Crippen LogP contribution in [-0.2, 0) is 11.3 Å². The molecule has 0 spiro atoms. The van der Waals surface area contributed by atoms with E-state index in [0.29, 0.717) is 34.7 Å². The van der Waals surface area contributed by atoms with Crippen molar-refractivity contribution in [2.24, 2.45) is 5.73 Å². The highest BCUT2D eigenvalue weighted by molar-refractivity contribution is 7.11. The van der Waals surface area contributed by atoms with E-state index in [1.165, 1.54) is 11.3 Å². The highest BCUT2D eigenvalue weighted by Crippen LogP contribution is 2.38. The molecule has 196 valence electrons. The molecule has 5 rings (SSSR count). The van der Waals surface area contributed by atoms with E-state index in [0.717, 1.165) is 38.9 Å². The first-order chi connectivity index (χ1) is 18.9. The molecule has 0 aliphatic carbocycles. The zero-order valence-corrected chi connectivity index (χ0v) is 22.3. The van der Waals surface area contributed by atoms with Gasteiger partial charge in [0.25, 0.3) is 11.8 Å². The van der Waals surface area contributed by atoms with Gasteiger partial charge in [0.1, 0.15) is 0 Å². The average Bonchev–Trinajstić information content (AvgIpc) is 3.63. The van der Waals surface area contributed by atoms with E-state index in [1.807, 2.05) is 68.4 Å². The van der Waals surface area contributed by atoms with Crippen LogP contribution in [0.1, 0.15) is 44.6 Å². The largest absolute Gasteiger partial charge is 0.366 e. The van der Waals surface area contributed by atoms with Crippen LogP contribution in [0.3, 0.4) is 0 Å². The third-order valence-corrected chi connectivity index (χ3v) is 7.43. The topological polar surface area (TPSA) is 130 Å². The predicted molar refractivity (Wildman–Crippen MR) is 155 cm³/mol. The van der Waals surface area contributed by atoms with Gasteiger partial charge in [-0.25, -0.2) is 4.98 Å². The number of aromatic nitrogens is 2. The first kappa shape index (κ1) is 25.9. The molecule has 0 aliphatic heterocycles. The number of nitrogens with one attached hydrogen (secondary N) is 3. The number of nitrogens with two attached hydrogens (primary N) is 1. The fourth-order valence-electron chi connectivity index (χ4n) is 4.63. The second kappa shape index (κ2) is 10.9. The Balaban J connectivity index is 1.61. The van der Waals surface area contributed by atoms with Crippen LogP contribution in [-0.4, -0.2) is 27.7 Å². The third kappa shape index (κ3) is 5.17. The molecule has 0 saturated carbocycles. The van der Waals surface area contributed by atoms with Gasteiger partial charge in [0.05, 0.1) is 11.1 Å². The number of fused-ring (bicyclic) bond motifs is 1. The Bertz CT molecular complexity index is 1710. The molecule has 0 radical (unpaired) electrons. The van der Waals surface area contributed by atoms with Gasteiger partial charge in [0.15, 0.2) is 5.01 Å². The predicted octanol–water partition coefficient (Wildman–Crippen LogP) is 5.64. The molecule has 3 aromatic carbocycles. The van der Waals surface area contributed by atoms with Crippen LogP contribution in [0.2, 0.25) is 0 Å². The second-order valence-electron chi connectivity index (χ2n) is 9.05. The van der Waals surface area contributed by atoms with Crippen molar-refractivity contribution in [1.29, 1.82) is 0 Å². The lowest BCUT2D eigenvalue weighted by molar-refractivity contribution is -0.120. The van der Waals surface area contributed by atoms with Crippen LogP contribution in [0.15, 0.2) is 72.2 Å². The zero-order valence-electron chi connectivity index (χ0n) is 21.5. The number of hydrogen-bond donors (Lipinski definition) is 4. The Morgan fingerprint density at radius 2 is 1.79 bits per heavy atom. The Labute approximate surface area is 229 Å². The fourth-order valence-corrected chi connectivity index (χ4v) is 5.17. The lowest BCUT2D eigenvalue weighted by Crippen LogP contribution is -2.21. The molecule has 0 unspecified atom stereocenters. The van der Waals surface area contributed by atoms with Gasteiger partial charge in [0.2, 0.25) is 5.91 Å². The number of carbonyl (C=O) groups is 3. The van der Waals surface area contributed by atoms with Crippen molar-refractivity contribution >= 4 is 45.6 Å². The summed E-state index contributed by atoms with van der Waals surface area (Å²) < 4.78 is 0. The molecule has 5 aromatic rings. The van der Waals surface area contributed by atoms with Crippen molar-refractivity contribution in [2.75, 3.05) is 5.32 Å². The number of benzene rings is 3. The monoisotopic (exact) mass is 537 g/mol. The summed E-state index contributed by atoms with van der Waals surface area (Å²) in [5.74, 6) is -0.836. The smallest absolute Gasteiger partial charge is 0.284 e. The Morgan fingerprint density at radius 3 is 2.54 bits per heavy atom. The Hall–Kier alpha value is -4.76. The summed E-state index contributed by atoms with van der Waals surface area (Å²) in [7, 11) is 0. The standard InChI is InChI=1S/C30H27N5O3S/c1-3-26(36)33-16-18-7-4-5-8-20(18)25-15-23-21(11-12-22(28(31)37)27(23)34-25)19-9-6-10-24(17(19)2)35-29(38)30-32-13-14-39-30/h4-15,34H,3,16H2,1-2H3,(H2,31,37)(H,33,36)(H,35,38). The molecule has 0 atom stereocenters. The van der Waals surface area contributed by atoms with E-state index in [4.69, 9.17) is 5.73 Å². The summed E-state index contributed by atoms with van der Waals surface area (Å²) in [6.45, 7) is 4.14. The molecule has 0 fully saturated rings. The summed E-state index contributed by atoms with van der Waals surface area (Å²) in [6, 6.07) is 19.1. The second-order valence-corrected chi connectivity index (χ2v) is 9.95. The van der Waals surface area contributed by atoms with Crippen molar-refractivity contribution in [3.05, 3.63) is 93.9 Å². The number of aromatic amines is 1.